The maximum absolute atomic E-state index is 9.38. The summed E-state index contributed by atoms with van der Waals surface area (Å²) in [7, 11) is 0. The van der Waals surface area contributed by atoms with E-state index in [9.17, 15) is 5.11 Å². The smallest absolute Gasteiger partial charge is 0.158 e. The third-order valence-electron chi connectivity index (χ3n) is 2.84. The Kier molecular flexibility index (Phi) is 4.80. The van der Waals surface area contributed by atoms with E-state index < -0.39 is 0 Å². The zero-order valence-electron chi connectivity index (χ0n) is 9.64. The molecule has 1 aliphatic heterocycles. The summed E-state index contributed by atoms with van der Waals surface area (Å²) in [4.78, 5) is 0. The third-order valence-corrected chi connectivity index (χ3v) is 3.08. The number of rotatable bonds is 4. The van der Waals surface area contributed by atoms with Gasteiger partial charge in [0, 0.05) is 11.6 Å². The predicted molar refractivity (Wildman–Crippen MR) is 66.0 cm³/mol. The standard InChI is InChI=1S/C13H17ClO3/c14-11-5-3-4-10(8-11)12(9-15)17-13-6-1-2-7-16-13/h3-5,8,12-13,15H,1-2,6-7,9H2/t12-,13?/m0/s1. The van der Waals surface area contributed by atoms with Gasteiger partial charge in [-0.15, -0.1) is 0 Å². The Bertz CT molecular complexity index is 350. The predicted octanol–water partition coefficient (Wildman–Crippen LogP) is 2.92. The van der Waals surface area contributed by atoms with Gasteiger partial charge in [0.15, 0.2) is 6.29 Å². The topological polar surface area (TPSA) is 38.7 Å². The van der Waals surface area contributed by atoms with Crippen LogP contribution in [0.1, 0.15) is 30.9 Å². The van der Waals surface area contributed by atoms with Crippen molar-refractivity contribution < 1.29 is 14.6 Å². The van der Waals surface area contributed by atoms with E-state index >= 15 is 0 Å². The van der Waals surface area contributed by atoms with Gasteiger partial charge in [-0.1, -0.05) is 23.7 Å². The molecule has 0 aromatic heterocycles. The second-order valence-electron chi connectivity index (χ2n) is 4.16. The van der Waals surface area contributed by atoms with Crippen LogP contribution in [0.15, 0.2) is 24.3 Å². The minimum Gasteiger partial charge on any atom is -0.393 e. The molecule has 0 saturated carbocycles. The fourth-order valence-corrected chi connectivity index (χ4v) is 2.13. The lowest BCUT2D eigenvalue weighted by Gasteiger charge is -2.27. The number of hydrogen-bond donors (Lipinski definition) is 1. The Morgan fingerprint density at radius 2 is 2.35 bits per heavy atom. The van der Waals surface area contributed by atoms with Crippen molar-refractivity contribution >= 4 is 11.6 Å². The van der Waals surface area contributed by atoms with Gasteiger partial charge < -0.3 is 14.6 Å². The van der Waals surface area contributed by atoms with Crippen molar-refractivity contribution in [1.82, 2.24) is 0 Å². The van der Waals surface area contributed by atoms with Crippen molar-refractivity contribution in [2.24, 2.45) is 0 Å². The van der Waals surface area contributed by atoms with Gasteiger partial charge in [-0.05, 0) is 37.0 Å². The fraction of sp³-hybridized carbons (Fsp3) is 0.538. The van der Waals surface area contributed by atoms with Crippen LogP contribution in [-0.4, -0.2) is 24.6 Å². The normalized spacial score (nSPS) is 22.4. The molecule has 1 unspecified atom stereocenters. The number of aliphatic hydroxyl groups is 1. The molecule has 4 heteroatoms. The number of benzene rings is 1. The molecule has 94 valence electrons. The quantitative estimate of drug-likeness (QED) is 0.900. The summed E-state index contributed by atoms with van der Waals surface area (Å²) in [5.41, 5.74) is 0.883. The van der Waals surface area contributed by atoms with Crippen LogP contribution in [0, 0.1) is 0 Å². The van der Waals surface area contributed by atoms with Crippen LogP contribution in [0.5, 0.6) is 0 Å². The first-order valence-corrected chi connectivity index (χ1v) is 6.31. The van der Waals surface area contributed by atoms with Crippen molar-refractivity contribution in [1.29, 1.82) is 0 Å². The van der Waals surface area contributed by atoms with Gasteiger partial charge in [0.25, 0.3) is 0 Å². The highest BCUT2D eigenvalue weighted by atomic mass is 35.5. The third kappa shape index (κ3) is 3.68. The van der Waals surface area contributed by atoms with Crippen molar-refractivity contribution in [3.8, 4) is 0 Å². The maximum atomic E-state index is 9.38. The number of halogens is 1. The zero-order chi connectivity index (χ0) is 12.1. The van der Waals surface area contributed by atoms with Gasteiger partial charge in [0.05, 0.1) is 6.61 Å². The van der Waals surface area contributed by atoms with E-state index in [0.717, 1.165) is 31.4 Å². The maximum Gasteiger partial charge on any atom is 0.158 e. The highest BCUT2D eigenvalue weighted by molar-refractivity contribution is 6.30. The summed E-state index contributed by atoms with van der Waals surface area (Å²) in [6.45, 7) is 0.665. The van der Waals surface area contributed by atoms with Crippen LogP contribution in [0.25, 0.3) is 0 Å². The van der Waals surface area contributed by atoms with E-state index in [4.69, 9.17) is 21.1 Å². The van der Waals surface area contributed by atoms with Crippen LogP contribution >= 0.6 is 11.6 Å². The molecular weight excluding hydrogens is 240 g/mol. The van der Waals surface area contributed by atoms with Gasteiger partial charge >= 0.3 is 0 Å². The highest BCUT2D eigenvalue weighted by Gasteiger charge is 2.20. The minimum atomic E-state index is -0.364. The summed E-state index contributed by atoms with van der Waals surface area (Å²) in [6, 6.07) is 7.36. The largest absolute Gasteiger partial charge is 0.393 e. The van der Waals surface area contributed by atoms with Gasteiger partial charge in [0.1, 0.15) is 6.10 Å². The van der Waals surface area contributed by atoms with Crippen LogP contribution in [0.3, 0.4) is 0 Å². The lowest BCUT2D eigenvalue weighted by atomic mass is 10.1. The second kappa shape index (κ2) is 6.36. The molecule has 0 bridgehead atoms. The Hall–Kier alpha value is -0.610. The first-order chi connectivity index (χ1) is 8.29. The van der Waals surface area contributed by atoms with Gasteiger partial charge in [0.2, 0.25) is 0 Å². The summed E-state index contributed by atoms with van der Waals surface area (Å²) in [5.74, 6) is 0. The molecule has 1 heterocycles. The van der Waals surface area contributed by atoms with Gasteiger partial charge in [-0.3, -0.25) is 0 Å². The van der Waals surface area contributed by atoms with Crippen LogP contribution in [0.4, 0.5) is 0 Å². The molecule has 0 aliphatic carbocycles. The van der Waals surface area contributed by atoms with Crippen LogP contribution in [-0.2, 0) is 9.47 Å². The molecule has 1 aromatic carbocycles. The SMILES string of the molecule is OC[C@H](OC1CCCCO1)c1cccc(Cl)c1. The van der Waals surface area contributed by atoms with Crippen molar-refractivity contribution in [3.63, 3.8) is 0 Å². The van der Waals surface area contributed by atoms with Crippen LogP contribution in [0.2, 0.25) is 5.02 Å². The van der Waals surface area contributed by atoms with Crippen molar-refractivity contribution in [3.05, 3.63) is 34.9 Å². The molecule has 1 fully saturated rings. The Morgan fingerprint density at radius 3 is 3.00 bits per heavy atom. The number of aliphatic hydroxyl groups excluding tert-OH is 1. The minimum absolute atomic E-state index is 0.0692. The Labute approximate surface area is 106 Å². The summed E-state index contributed by atoms with van der Waals surface area (Å²) in [5, 5.41) is 10.0. The molecule has 1 aliphatic rings. The first kappa shape index (κ1) is 12.8. The Balaban J connectivity index is 2.00. The van der Waals surface area contributed by atoms with E-state index in [2.05, 4.69) is 0 Å². The summed E-state index contributed by atoms with van der Waals surface area (Å²) >= 11 is 5.92. The highest BCUT2D eigenvalue weighted by Crippen LogP contribution is 2.25. The lowest BCUT2D eigenvalue weighted by molar-refractivity contribution is -0.196. The molecule has 1 aromatic rings. The molecule has 0 radical (unpaired) electrons. The molecule has 2 atom stereocenters. The molecule has 0 amide bonds. The van der Waals surface area contributed by atoms with Crippen LogP contribution < -0.4 is 0 Å². The average molecular weight is 257 g/mol. The Morgan fingerprint density at radius 1 is 1.47 bits per heavy atom. The molecular formula is C13H17ClO3. The lowest BCUT2D eigenvalue weighted by Crippen LogP contribution is -2.25. The monoisotopic (exact) mass is 256 g/mol. The number of ether oxygens (including phenoxy) is 2. The first-order valence-electron chi connectivity index (χ1n) is 5.93. The zero-order valence-corrected chi connectivity index (χ0v) is 10.4. The average Bonchev–Trinajstić information content (AvgIpc) is 2.37. The molecule has 2 rings (SSSR count). The van der Waals surface area contributed by atoms with E-state index in [1.165, 1.54) is 0 Å². The van der Waals surface area contributed by atoms with Gasteiger partial charge in [-0.25, -0.2) is 0 Å². The summed E-state index contributed by atoms with van der Waals surface area (Å²) < 4.78 is 11.2. The van der Waals surface area contributed by atoms with Crippen molar-refractivity contribution in [2.45, 2.75) is 31.7 Å². The number of hydrogen-bond acceptors (Lipinski definition) is 3. The molecule has 3 nitrogen and oxygen atoms in total. The van der Waals surface area contributed by atoms with Crippen molar-refractivity contribution in [2.75, 3.05) is 13.2 Å². The van der Waals surface area contributed by atoms with E-state index in [1.54, 1.807) is 6.07 Å². The summed E-state index contributed by atoms with van der Waals surface area (Å²) in [6.07, 6.45) is 2.51. The fourth-order valence-electron chi connectivity index (χ4n) is 1.94. The van der Waals surface area contributed by atoms with E-state index in [-0.39, 0.29) is 19.0 Å². The molecule has 0 spiro atoms. The van der Waals surface area contributed by atoms with Gasteiger partial charge in [-0.2, -0.15) is 0 Å². The molecule has 17 heavy (non-hydrogen) atoms. The second-order valence-corrected chi connectivity index (χ2v) is 4.59. The molecule has 1 saturated heterocycles. The van der Waals surface area contributed by atoms with E-state index in [1.807, 2.05) is 18.2 Å². The molecule has 1 N–H and O–H groups in total. The van der Waals surface area contributed by atoms with E-state index in [0.29, 0.717) is 5.02 Å².